The first-order valence-corrected chi connectivity index (χ1v) is 25.4. The summed E-state index contributed by atoms with van der Waals surface area (Å²) in [7, 11) is 0. The maximum Gasteiger partial charge on any atom is 1.00 e. The van der Waals surface area contributed by atoms with Gasteiger partial charge in [0, 0.05) is 58.7 Å². The Morgan fingerprint density at radius 1 is 0.645 bits per heavy atom. The number of carbonyl (C=O) groups is 4. The van der Waals surface area contributed by atoms with Crippen LogP contribution in [0.3, 0.4) is 0 Å². The van der Waals surface area contributed by atoms with Crippen LogP contribution in [0.4, 0.5) is 37.7 Å². The molecule has 3 N–H and O–H groups in total. The third kappa shape index (κ3) is 13.6. The fraction of sp³-hybridized carbons (Fsp3) is 0.333. The van der Waals surface area contributed by atoms with E-state index in [9.17, 15) is 45.5 Å². The van der Waals surface area contributed by atoms with Crippen molar-refractivity contribution < 1.29 is 76.5 Å². The van der Waals surface area contributed by atoms with Gasteiger partial charge in [0.2, 0.25) is 11.8 Å². The summed E-state index contributed by atoms with van der Waals surface area (Å²) in [6.45, 7) is 3.57. The second kappa shape index (κ2) is 24.3. The Hall–Kier alpha value is -6.42. The predicted octanol–water partition coefficient (Wildman–Crippen LogP) is 8.05. The summed E-state index contributed by atoms with van der Waals surface area (Å²) >= 11 is 2.90. The van der Waals surface area contributed by atoms with Crippen LogP contribution in [0.5, 0.6) is 0 Å². The van der Waals surface area contributed by atoms with E-state index in [4.69, 9.17) is 9.98 Å². The van der Waals surface area contributed by atoms with Crippen molar-refractivity contribution in [3.05, 3.63) is 156 Å². The van der Waals surface area contributed by atoms with E-state index < -0.39 is 41.0 Å². The first kappa shape index (κ1) is 57.3. The first-order valence-electron chi connectivity index (χ1n) is 24.3. The van der Waals surface area contributed by atoms with Crippen LogP contribution in [0.1, 0.15) is 99.5 Å². The maximum absolute atomic E-state index is 13.6. The quantitative estimate of drug-likeness (QED) is 0.0753. The zero-order valence-electron chi connectivity index (χ0n) is 42.9. The summed E-state index contributed by atoms with van der Waals surface area (Å²) in [4.78, 5) is 69.3. The van der Waals surface area contributed by atoms with Gasteiger partial charge < -0.3 is 31.4 Å². The van der Waals surface area contributed by atoms with E-state index in [0.29, 0.717) is 29.8 Å². The second-order valence-electron chi connectivity index (χ2n) is 18.6. The number of rotatable bonds is 9. The molecule has 394 valence electrons. The van der Waals surface area contributed by atoms with Crippen molar-refractivity contribution in [2.24, 2.45) is 9.98 Å². The van der Waals surface area contributed by atoms with Gasteiger partial charge >= 0.3 is 41.9 Å². The number of aliphatic imine (C=N–C) groups is 2. The van der Waals surface area contributed by atoms with E-state index in [0.717, 1.165) is 97.8 Å². The largest absolute Gasteiger partial charge is 1.00 e. The van der Waals surface area contributed by atoms with E-state index in [-0.39, 0.29) is 71.7 Å². The van der Waals surface area contributed by atoms with Gasteiger partial charge in [-0.15, -0.1) is 0 Å². The molecule has 0 atom stereocenters. The number of hydrogen-bond acceptors (Lipinski definition) is 8. The molecule has 4 heterocycles. The van der Waals surface area contributed by atoms with Gasteiger partial charge in [0.15, 0.2) is 0 Å². The van der Waals surface area contributed by atoms with Crippen molar-refractivity contribution in [2.75, 3.05) is 22.5 Å². The van der Waals surface area contributed by atoms with Gasteiger partial charge in [0.25, 0.3) is 11.8 Å². The Labute approximate surface area is 466 Å². The molecule has 4 aromatic carbocycles. The van der Waals surface area contributed by atoms with Gasteiger partial charge in [-0.3, -0.25) is 29.2 Å². The molecule has 0 saturated heterocycles. The number of amides is 4. The molecule has 76 heavy (non-hydrogen) atoms. The molecule has 2 saturated carbocycles. The molecule has 4 aliphatic rings. The third-order valence-corrected chi connectivity index (χ3v) is 13.9. The second-order valence-corrected chi connectivity index (χ2v) is 19.1. The Morgan fingerprint density at radius 2 is 1.11 bits per heavy atom. The van der Waals surface area contributed by atoms with E-state index in [1.807, 2.05) is 83.9 Å². The molecule has 2 spiro atoms. The zero-order valence-corrected chi connectivity index (χ0v) is 45.5. The number of aromatic nitrogens is 4. The number of imidazole rings is 2. The van der Waals surface area contributed by atoms with Gasteiger partial charge in [-0.2, -0.15) is 26.3 Å². The number of carbonyl (C=O) groups excluding carboxylic acids is 4. The van der Waals surface area contributed by atoms with Crippen LogP contribution < -0.4 is 45.5 Å². The topological polar surface area (TPSA) is 168 Å². The molecule has 2 aliphatic carbocycles. The van der Waals surface area contributed by atoms with Crippen LogP contribution >= 0.6 is 15.9 Å². The molecule has 6 aromatic rings. The minimum atomic E-state index is -4.52. The smallest absolute Gasteiger partial charge is 1.00 e. The number of nitrogens with one attached hydrogen (secondary N) is 3. The monoisotopic (exact) mass is 1120 g/mol. The van der Waals surface area contributed by atoms with Crippen molar-refractivity contribution >= 4 is 62.4 Å². The van der Waals surface area contributed by atoms with E-state index >= 15 is 0 Å². The van der Waals surface area contributed by atoms with Crippen LogP contribution in [0.25, 0.3) is 11.4 Å². The molecule has 10 rings (SSSR count). The van der Waals surface area contributed by atoms with Gasteiger partial charge in [-0.1, -0.05) is 65.2 Å². The Kier molecular flexibility index (Phi) is 18.3. The Bertz CT molecular complexity index is 3110. The van der Waals surface area contributed by atoms with Crippen molar-refractivity contribution in [1.29, 1.82) is 0 Å². The van der Waals surface area contributed by atoms with Crippen LogP contribution in [-0.4, -0.2) is 82.3 Å². The van der Waals surface area contributed by atoms with Crippen LogP contribution in [0, 0.1) is 13.8 Å². The molecule has 4 amide bonds. The maximum atomic E-state index is 13.6. The SMILES string of the molecule is Cc1nccn1-c1ccc(C2=NC3(CCCCC3)N(CC(=O)Nc3cccc(C(F)(F)F)c3)C2=O)cc1.Cc1nccn1-c1ccc(C2=NC3(CCCCC3)NC2=O)cc1.O=C(CBr)Nc1cccc(C(F)(F)F)c1.[H-].[Na+]. The van der Waals surface area contributed by atoms with E-state index in [2.05, 4.69) is 41.8 Å². The first-order chi connectivity index (χ1) is 35.8. The van der Waals surface area contributed by atoms with Crippen LogP contribution in [0.15, 0.2) is 132 Å². The molecule has 0 bridgehead atoms. The molecule has 14 nitrogen and oxygen atoms in total. The van der Waals surface area contributed by atoms with Gasteiger partial charge in [0.1, 0.15) is 40.9 Å². The van der Waals surface area contributed by atoms with E-state index in [1.54, 1.807) is 12.4 Å². The average Bonchev–Trinajstić information content (AvgIpc) is 4.20. The van der Waals surface area contributed by atoms with Gasteiger partial charge in [-0.05, 0) is 126 Å². The minimum Gasteiger partial charge on any atom is -1.00 e. The van der Waals surface area contributed by atoms with Crippen molar-refractivity contribution in [2.45, 2.75) is 102 Å². The number of anilines is 2. The minimum absolute atomic E-state index is 0. The number of aryl methyl sites for hydroxylation is 2. The molecule has 22 heteroatoms. The molecule has 2 fully saturated rings. The van der Waals surface area contributed by atoms with Crippen molar-refractivity contribution in [3.63, 3.8) is 0 Å². The van der Waals surface area contributed by atoms with Crippen LogP contribution in [0.2, 0.25) is 0 Å². The summed E-state index contributed by atoms with van der Waals surface area (Å²) < 4.78 is 79.9. The van der Waals surface area contributed by atoms with Gasteiger partial charge in [-0.25, -0.2) is 9.97 Å². The van der Waals surface area contributed by atoms with Crippen molar-refractivity contribution in [1.82, 2.24) is 29.3 Å². The normalized spacial score (nSPS) is 16.6. The third-order valence-electron chi connectivity index (χ3n) is 13.4. The summed E-state index contributed by atoms with van der Waals surface area (Å²) in [6.07, 6.45) is 7.79. The standard InChI is InChI=1S/C27H26F3N5O2.C18H20N4O.C9H7BrF3NO.Na.H/c1-18-31-14-15-34(18)22-10-8-19(9-11-22)24-25(37)35(26(33-24)12-3-2-4-13-26)17-23(36)32-21-7-5-6-20(16-21)27(28,29)30;1-13-19-11-12-22(13)15-7-5-14(6-8-15)16-17(23)21-18(20-16)9-3-2-4-10-18;10-5-8(15)14-7-3-1-2-6(4-7)9(11,12)13;;/h5-11,14-16H,2-4,12-13,17H2,1H3,(H,32,36);5-8,11-12H,2-4,9-10H2,1H3,(H,21,23);1-4H,5H2,(H,14,15);;/q;;;+1;-1. The Morgan fingerprint density at radius 3 is 1.55 bits per heavy atom. The summed E-state index contributed by atoms with van der Waals surface area (Å²) in [5, 5.41) is 7.99. The fourth-order valence-corrected chi connectivity index (χ4v) is 9.76. The number of halogens is 7. The Balaban J connectivity index is 0.000000205. The number of hydrogen-bond donors (Lipinski definition) is 3. The van der Waals surface area contributed by atoms with Gasteiger partial charge in [0.05, 0.1) is 16.5 Å². The molecule has 2 aliphatic heterocycles. The predicted molar refractivity (Wildman–Crippen MR) is 276 cm³/mol. The molecule has 0 radical (unpaired) electrons. The zero-order chi connectivity index (χ0) is 53.5. The molecule has 2 aromatic heterocycles. The summed E-state index contributed by atoms with van der Waals surface area (Å²) in [5.41, 5.74) is 1.68. The summed E-state index contributed by atoms with van der Waals surface area (Å²) in [6, 6.07) is 24.3. The molecular weight excluding hydrogens is 1070 g/mol. The van der Waals surface area contributed by atoms with E-state index in [1.165, 1.54) is 35.6 Å². The number of benzene rings is 4. The molecule has 0 unspecified atom stereocenters. The summed E-state index contributed by atoms with van der Waals surface area (Å²) in [5.74, 6) is 0.413. The number of nitrogens with zero attached hydrogens (tertiary/aromatic N) is 7. The average molecular weight is 1120 g/mol. The van der Waals surface area contributed by atoms with Crippen LogP contribution in [-0.2, 0) is 31.5 Å². The molecular formula is C54H54BrF6N10NaO4. The number of alkyl halides is 7. The fourth-order valence-electron chi connectivity index (χ4n) is 9.62. The van der Waals surface area contributed by atoms with Crippen molar-refractivity contribution in [3.8, 4) is 11.4 Å².